The molecule has 1 saturated carbocycles. The molecule has 0 bridgehead atoms. The van der Waals surface area contributed by atoms with Crippen LogP contribution in [-0.4, -0.2) is 98.3 Å². The zero-order valence-corrected chi connectivity index (χ0v) is 35.3. The van der Waals surface area contributed by atoms with E-state index in [1.807, 2.05) is 54.7 Å². The molecule has 57 heavy (non-hydrogen) atoms. The number of esters is 2. The Morgan fingerprint density at radius 1 is 0.561 bits per heavy atom. The van der Waals surface area contributed by atoms with Crippen molar-refractivity contribution in [1.29, 1.82) is 0 Å². The van der Waals surface area contributed by atoms with Crippen LogP contribution >= 0.6 is 7.82 Å². The SMILES string of the molecule is CC/C=C/C=C/C=C/C=C/C=C/CCCC(=O)OC(COC(=O)CCCCCCCCCCCCCCCCC)COP(=O)(O)OC1C(O)C(O)C(O)[C@H](O)C1O. The first-order valence-electron chi connectivity index (χ1n) is 21.2. The van der Waals surface area contributed by atoms with Crippen LogP contribution in [0.4, 0.5) is 0 Å². The van der Waals surface area contributed by atoms with Crippen LogP contribution in [0.1, 0.15) is 142 Å². The third kappa shape index (κ3) is 26.3. The third-order valence-electron chi connectivity index (χ3n) is 9.50. The number of allylic oxidation sites excluding steroid dienone is 10. The molecule has 1 rings (SSSR count). The first kappa shape index (κ1) is 52.6. The highest BCUT2D eigenvalue weighted by Gasteiger charge is 2.51. The monoisotopic (exact) mass is 828 g/mol. The second-order valence-electron chi connectivity index (χ2n) is 14.6. The van der Waals surface area contributed by atoms with E-state index < -0.39 is 75.7 Å². The maximum absolute atomic E-state index is 12.8. The van der Waals surface area contributed by atoms with E-state index in [-0.39, 0.29) is 12.8 Å². The normalized spacial score (nSPS) is 23.3. The molecule has 0 radical (unpaired) electrons. The molecule has 0 heterocycles. The molecular weight excluding hydrogens is 755 g/mol. The van der Waals surface area contributed by atoms with Gasteiger partial charge in [0.1, 0.15) is 43.2 Å². The van der Waals surface area contributed by atoms with Crippen molar-refractivity contribution in [3.05, 3.63) is 60.8 Å². The molecule has 8 atom stereocenters. The zero-order chi connectivity index (χ0) is 42.2. The summed E-state index contributed by atoms with van der Waals surface area (Å²) >= 11 is 0. The molecule has 13 nitrogen and oxygen atoms in total. The van der Waals surface area contributed by atoms with Gasteiger partial charge >= 0.3 is 19.8 Å². The number of carbonyl (C=O) groups excluding carboxylic acids is 2. The molecule has 1 aliphatic rings. The number of hydrogen-bond acceptors (Lipinski definition) is 12. The Kier molecular flexibility index (Phi) is 30.8. The van der Waals surface area contributed by atoms with Crippen molar-refractivity contribution in [1.82, 2.24) is 0 Å². The highest BCUT2D eigenvalue weighted by molar-refractivity contribution is 7.47. The number of unbranched alkanes of at least 4 members (excludes halogenated alkanes) is 15. The van der Waals surface area contributed by atoms with Crippen molar-refractivity contribution in [3.8, 4) is 0 Å². The lowest BCUT2D eigenvalue weighted by atomic mass is 9.85. The molecule has 0 saturated heterocycles. The Hall–Kier alpha value is -2.45. The van der Waals surface area contributed by atoms with Crippen molar-refractivity contribution in [2.45, 2.75) is 185 Å². The predicted molar refractivity (Wildman–Crippen MR) is 221 cm³/mol. The summed E-state index contributed by atoms with van der Waals surface area (Å²) in [4.78, 5) is 35.5. The van der Waals surface area contributed by atoms with E-state index in [0.29, 0.717) is 19.3 Å². The summed E-state index contributed by atoms with van der Waals surface area (Å²) in [5, 5.41) is 50.0. The predicted octanol–water partition coefficient (Wildman–Crippen LogP) is 7.38. The maximum Gasteiger partial charge on any atom is 0.472 e. The van der Waals surface area contributed by atoms with E-state index in [2.05, 4.69) is 19.9 Å². The van der Waals surface area contributed by atoms with Crippen molar-refractivity contribution in [2.24, 2.45) is 0 Å². The smallest absolute Gasteiger partial charge is 0.462 e. The number of aliphatic hydroxyl groups is 5. The van der Waals surface area contributed by atoms with Gasteiger partial charge in [0.2, 0.25) is 0 Å². The molecule has 0 spiro atoms. The van der Waals surface area contributed by atoms with Crippen LogP contribution in [-0.2, 0) is 32.7 Å². The average Bonchev–Trinajstić information content (AvgIpc) is 3.19. The average molecular weight is 829 g/mol. The molecular formula is C43H73O13P. The molecule has 6 N–H and O–H groups in total. The number of ether oxygens (including phenoxy) is 2. The van der Waals surface area contributed by atoms with Crippen molar-refractivity contribution in [3.63, 3.8) is 0 Å². The summed E-state index contributed by atoms with van der Waals surface area (Å²) in [6.07, 6.45) is 25.9. The highest BCUT2D eigenvalue weighted by atomic mass is 31.2. The fourth-order valence-corrected chi connectivity index (χ4v) is 7.05. The maximum atomic E-state index is 12.8. The summed E-state index contributed by atoms with van der Waals surface area (Å²) in [6, 6.07) is 0. The van der Waals surface area contributed by atoms with Gasteiger partial charge in [-0.2, -0.15) is 0 Å². The van der Waals surface area contributed by atoms with E-state index in [1.54, 1.807) is 0 Å². The minimum absolute atomic E-state index is 0.000547. The zero-order valence-electron chi connectivity index (χ0n) is 34.4. The third-order valence-corrected chi connectivity index (χ3v) is 10.5. The van der Waals surface area contributed by atoms with E-state index in [4.69, 9.17) is 18.5 Å². The van der Waals surface area contributed by atoms with Crippen LogP contribution in [0.2, 0.25) is 0 Å². The molecule has 0 aromatic rings. The van der Waals surface area contributed by atoms with Crippen LogP contribution in [0.15, 0.2) is 60.8 Å². The Bertz CT molecular complexity index is 1230. The number of phosphoric ester groups is 1. The lowest BCUT2D eigenvalue weighted by Crippen LogP contribution is -2.64. The van der Waals surface area contributed by atoms with Crippen molar-refractivity contribution < 1.29 is 63.1 Å². The van der Waals surface area contributed by atoms with Crippen LogP contribution < -0.4 is 0 Å². The van der Waals surface area contributed by atoms with Crippen LogP contribution in [0, 0.1) is 0 Å². The number of phosphoric acid groups is 1. The molecule has 0 aliphatic heterocycles. The summed E-state index contributed by atoms with van der Waals surface area (Å²) in [6.45, 7) is 3.07. The topological polar surface area (TPSA) is 210 Å². The standard InChI is InChI=1S/C43H73O13P/c1-3-5-7-9-11-13-15-17-18-20-21-23-25-27-29-31-36(44)53-33-35(34-54-57(51,52)56-43-41(49)39(47)38(46)40(48)42(43)50)55-37(45)32-30-28-26-24-22-19-16-14-12-10-8-6-4-2/h6,8,10,12,14,16,19,22,24,26,35,38-43,46-50H,3-5,7,9,11,13,15,17-18,20-21,23,25,27-34H2,1-2H3,(H,51,52)/b8-6+,12-10+,16-14+,22-19+,26-24+/t35?,38?,39-,40?,41?,42?,43?/m0/s1. The highest BCUT2D eigenvalue weighted by Crippen LogP contribution is 2.47. The van der Waals surface area contributed by atoms with Crippen LogP contribution in [0.3, 0.4) is 0 Å². The van der Waals surface area contributed by atoms with Gasteiger partial charge in [-0.05, 0) is 25.7 Å². The molecule has 7 unspecified atom stereocenters. The Balaban J connectivity index is 2.54. The molecule has 1 fully saturated rings. The Morgan fingerprint density at radius 3 is 1.51 bits per heavy atom. The van der Waals surface area contributed by atoms with Gasteiger partial charge < -0.3 is 39.9 Å². The van der Waals surface area contributed by atoms with Gasteiger partial charge in [0, 0.05) is 12.8 Å². The quantitative estimate of drug-likeness (QED) is 0.0165. The van der Waals surface area contributed by atoms with Gasteiger partial charge in [-0.1, -0.05) is 164 Å². The lowest BCUT2D eigenvalue weighted by Gasteiger charge is -2.41. The summed E-state index contributed by atoms with van der Waals surface area (Å²) in [7, 11) is -5.13. The molecule has 0 aromatic carbocycles. The van der Waals surface area contributed by atoms with Gasteiger partial charge in [-0.15, -0.1) is 0 Å². The second kappa shape index (κ2) is 33.4. The van der Waals surface area contributed by atoms with Crippen LogP contribution in [0.25, 0.3) is 0 Å². The van der Waals surface area contributed by atoms with Gasteiger partial charge in [0.25, 0.3) is 0 Å². The van der Waals surface area contributed by atoms with E-state index in [1.165, 1.54) is 70.6 Å². The Labute approximate surface area is 341 Å². The Morgan fingerprint density at radius 2 is 1.00 bits per heavy atom. The van der Waals surface area contributed by atoms with Gasteiger partial charge in [-0.25, -0.2) is 4.57 Å². The van der Waals surface area contributed by atoms with Gasteiger partial charge in [-0.3, -0.25) is 18.6 Å². The second-order valence-corrected chi connectivity index (χ2v) is 16.0. The molecule has 1 aliphatic carbocycles. The lowest BCUT2D eigenvalue weighted by molar-refractivity contribution is -0.220. The fraction of sp³-hybridized carbons (Fsp3) is 0.721. The molecule has 328 valence electrons. The molecule has 0 aromatic heterocycles. The minimum Gasteiger partial charge on any atom is -0.462 e. The minimum atomic E-state index is -5.13. The van der Waals surface area contributed by atoms with Gasteiger partial charge in [0.15, 0.2) is 6.10 Å². The van der Waals surface area contributed by atoms with E-state index >= 15 is 0 Å². The molecule has 14 heteroatoms. The fourth-order valence-electron chi connectivity index (χ4n) is 6.08. The van der Waals surface area contributed by atoms with Crippen molar-refractivity contribution in [2.75, 3.05) is 13.2 Å². The summed E-state index contributed by atoms with van der Waals surface area (Å²) in [5.74, 6) is -1.19. The number of rotatable bonds is 33. The summed E-state index contributed by atoms with van der Waals surface area (Å²) in [5.41, 5.74) is 0. The number of carbonyl (C=O) groups is 2. The first-order valence-corrected chi connectivity index (χ1v) is 22.7. The van der Waals surface area contributed by atoms with Crippen molar-refractivity contribution >= 4 is 19.8 Å². The van der Waals surface area contributed by atoms with E-state index in [9.17, 15) is 44.6 Å². The number of hydrogen-bond donors (Lipinski definition) is 6. The largest absolute Gasteiger partial charge is 0.472 e. The molecule has 0 amide bonds. The van der Waals surface area contributed by atoms with Crippen LogP contribution in [0.5, 0.6) is 0 Å². The van der Waals surface area contributed by atoms with Gasteiger partial charge in [0.05, 0.1) is 6.61 Å². The summed E-state index contributed by atoms with van der Waals surface area (Å²) < 4.78 is 33.3. The number of aliphatic hydroxyl groups excluding tert-OH is 5. The first-order chi connectivity index (χ1) is 27.4. The van der Waals surface area contributed by atoms with E-state index in [0.717, 1.165) is 25.7 Å².